The van der Waals surface area contributed by atoms with E-state index in [1.54, 1.807) is 48.5 Å². The van der Waals surface area contributed by atoms with Gasteiger partial charge in [-0.1, -0.05) is 48.5 Å². The molecule has 0 amide bonds. The molecule has 0 aliphatic carbocycles. The molecule has 3 heterocycles. The topological polar surface area (TPSA) is 66.9 Å². The van der Waals surface area contributed by atoms with E-state index >= 15 is 0 Å². The maximum atomic E-state index is 14.4. The first-order valence-corrected chi connectivity index (χ1v) is 18.8. The molecule has 2 saturated heterocycles. The van der Waals surface area contributed by atoms with Crippen LogP contribution in [0.2, 0.25) is 0 Å². The number of rotatable bonds is 13. The molecule has 1 aromatic heterocycles. The van der Waals surface area contributed by atoms with Crippen LogP contribution in [-0.2, 0) is 0 Å². The fourth-order valence-corrected chi connectivity index (χ4v) is 7.51. The van der Waals surface area contributed by atoms with Crippen LogP contribution >= 0.6 is 0 Å². The molecule has 9 nitrogen and oxygen atoms in total. The largest absolute Gasteiger partial charge is 0.354 e. The van der Waals surface area contributed by atoms with Crippen molar-refractivity contribution in [3.05, 3.63) is 143 Å². The van der Waals surface area contributed by atoms with Crippen LogP contribution in [0.3, 0.4) is 0 Å². The average molecular weight is 754 g/mol. The fourth-order valence-electron chi connectivity index (χ4n) is 7.51. The van der Waals surface area contributed by atoms with Crippen molar-refractivity contribution in [3.63, 3.8) is 0 Å². The van der Waals surface area contributed by atoms with Crippen LogP contribution < -0.4 is 15.1 Å². The summed E-state index contributed by atoms with van der Waals surface area (Å²) in [5, 5.41) is 3.43. The minimum absolute atomic E-state index is 0.173. The van der Waals surface area contributed by atoms with Gasteiger partial charge >= 0.3 is 0 Å². The summed E-state index contributed by atoms with van der Waals surface area (Å²) in [6.07, 6.45) is 0.916. The highest BCUT2D eigenvalue weighted by Crippen LogP contribution is 2.33. The zero-order chi connectivity index (χ0) is 38.3. The molecule has 1 N–H and O–H groups in total. The number of nitrogens with one attached hydrogen (secondary N) is 1. The van der Waals surface area contributed by atoms with Crippen molar-refractivity contribution in [1.82, 2.24) is 29.7 Å². The Kier molecular flexibility index (Phi) is 12.2. The number of piperazine rings is 2. The highest BCUT2D eigenvalue weighted by molar-refractivity contribution is 5.46. The zero-order valence-corrected chi connectivity index (χ0v) is 31.3. The molecule has 55 heavy (non-hydrogen) atoms. The summed E-state index contributed by atoms with van der Waals surface area (Å²) in [5.41, 5.74) is 3.58. The number of nitrogens with zero attached hydrogens (tertiary/aromatic N) is 8. The van der Waals surface area contributed by atoms with Crippen LogP contribution in [0.15, 0.2) is 97.1 Å². The van der Waals surface area contributed by atoms with Crippen LogP contribution in [0, 0.1) is 23.3 Å². The molecule has 4 aromatic carbocycles. The molecule has 2 fully saturated rings. The lowest BCUT2D eigenvalue weighted by Gasteiger charge is -2.41. The third-order valence-electron chi connectivity index (χ3n) is 10.3. The lowest BCUT2D eigenvalue weighted by molar-refractivity contribution is 0.210. The normalized spacial score (nSPS) is 16.2. The molecular formula is C42H47F4N9. The molecule has 2 aliphatic heterocycles. The van der Waals surface area contributed by atoms with Gasteiger partial charge in [0.05, 0.1) is 12.1 Å². The Hall–Kier alpha value is -5.11. The van der Waals surface area contributed by atoms with Gasteiger partial charge in [-0.3, -0.25) is 9.80 Å². The first kappa shape index (κ1) is 38.2. The van der Waals surface area contributed by atoms with E-state index in [-0.39, 0.29) is 35.4 Å². The van der Waals surface area contributed by atoms with E-state index in [0.29, 0.717) is 76.7 Å². The molecule has 1 atom stereocenters. The molecule has 0 spiro atoms. The Morgan fingerprint density at radius 3 is 1.40 bits per heavy atom. The fraction of sp³-hybridized carbons (Fsp3) is 0.357. The average Bonchev–Trinajstić information content (AvgIpc) is 3.19. The van der Waals surface area contributed by atoms with E-state index in [1.165, 1.54) is 42.5 Å². The summed E-state index contributed by atoms with van der Waals surface area (Å²) in [6, 6.07) is 25.7. The first-order valence-electron chi connectivity index (χ1n) is 18.8. The first-order chi connectivity index (χ1) is 26.7. The summed E-state index contributed by atoms with van der Waals surface area (Å²) >= 11 is 0. The van der Waals surface area contributed by atoms with Crippen molar-refractivity contribution < 1.29 is 17.6 Å². The maximum Gasteiger partial charge on any atom is 0.232 e. The van der Waals surface area contributed by atoms with E-state index < -0.39 is 0 Å². The van der Waals surface area contributed by atoms with E-state index in [1.807, 2.05) is 20.2 Å². The second-order valence-corrected chi connectivity index (χ2v) is 14.4. The molecule has 0 radical (unpaired) electrons. The van der Waals surface area contributed by atoms with Gasteiger partial charge in [0.2, 0.25) is 17.8 Å². The highest BCUT2D eigenvalue weighted by atomic mass is 19.1. The van der Waals surface area contributed by atoms with Crippen LogP contribution in [0.4, 0.5) is 35.4 Å². The summed E-state index contributed by atoms with van der Waals surface area (Å²) in [5.74, 6) is 0.461. The van der Waals surface area contributed by atoms with Crippen LogP contribution in [0.1, 0.15) is 40.8 Å². The van der Waals surface area contributed by atoms with E-state index in [4.69, 9.17) is 15.0 Å². The Balaban J connectivity index is 1.09. The zero-order valence-electron chi connectivity index (χ0n) is 31.3. The quantitative estimate of drug-likeness (QED) is 0.106. The predicted octanol–water partition coefficient (Wildman–Crippen LogP) is 6.61. The Morgan fingerprint density at radius 1 is 0.545 bits per heavy atom. The molecule has 7 rings (SSSR count). The summed E-state index contributed by atoms with van der Waals surface area (Å²) in [6.45, 7) is 6.81. The van der Waals surface area contributed by atoms with Gasteiger partial charge in [-0.05, 0) is 97.8 Å². The standard InChI is InChI=1S/C42H47F4N9/c1-51(2)20-4-19-47-40-48-41(54-25-21-52(22-26-54)38(30-7-13-34(43)14-8-30)31-9-15-35(44)16-10-31)50-42(49-40)55-27-23-53(24-28-55)39(32-11-17-36(45)18-12-32)33-5-3-6-37(46)29-33/h3,5-18,29,38-39H,4,19-28H2,1-2H3,(H,47,48,49,50). The van der Waals surface area contributed by atoms with Gasteiger partial charge < -0.3 is 20.0 Å². The van der Waals surface area contributed by atoms with Crippen molar-refractivity contribution >= 4 is 17.8 Å². The summed E-state index contributed by atoms with van der Waals surface area (Å²) in [7, 11) is 4.09. The highest BCUT2D eigenvalue weighted by Gasteiger charge is 2.31. The third-order valence-corrected chi connectivity index (χ3v) is 10.3. The van der Waals surface area contributed by atoms with Gasteiger partial charge in [-0.15, -0.1) is 0 Å². The van der Waals surface area contributed by atoms with Crippen molar-refractivity contribution in [2.45, 2.75) is 18.5 Å². The van der Waals surface area contributed by atoms with Crippen LogP contribution in [-0.4, -0.2) is 109 Å². The van der Waals surface area contributed by atoms with E-state index in [9.17, 15) is 17.6 Å². The van der Waals surface area contributed by atoms with Gasteiger partial charge in [0.1, 0.15) is 23.3 Å². The Morgan fingerprint density at radius 2 is 0.982 bits per heavy atom. The second-order valence-electron chi connectivity index (χ2n) is 14.4. The molecule has 0 bridgehead atoms. The van der Waals surface area contributed by atoms with Crippen molar-refractivity contribution in [2.24, 2.45) is 0 Å². The van der Waals surface area contributed by atoms with Gasteiger partial charge in [-0.2, -0.15) is 15.0 Å². The molecule has 0 saturated carbocycles. The predicted molar refractivity (Wildman–Crippen MR) is 208 cm³/mol. The van der Waals surface area contributed by atoms with Crippen molar-refractivity contribution in [2.75, 3.05) is 94.7 Å². The van der Waals surface area contributed by atoms with Crippen molar-refractivity contribution in [3.8, 4) is 0 Å². The number of aromatic nitrogens is 3. The minimum atomic E-state index is -0.315. The van der Waals surface area contributed by atoms with E-state index in [2.05, 4.69) is 29.8 Å². The molecular weight excluding hydrogens is 707 g/mol. The maximum absolute atomic E-state index is 14.4. The molecule has 13 heteroatoms. The minimum Gasteiger partial charge on any atom is -0.354 e. The SMILES string of the molecule is CN(C)CCCNc1nc(N2CCN(C(c3ccc(F)cc3)c3ccc(F)cc3)CC2)nc(N2CCN(C(c3ccc(F)cc3)c3cccc(F)c3)CC2)n1. The lowest BCUT2D eigenvalue weighted by atomic mass is 9.96. The van der Waals surface area contributed by atoms with Gasteiger partial charge in [-0.25, -0.2) is 17.6 Å². The summed E-state index contributed by atoms with van der Waals surface area (Å²) < 4.78 is 56.2. The smallest absolute Gasteiger partial charge is 0.232 e. The third kappa shape index (κ3) is 9.59. The summed E-state index contributed by atoms with van der Waals surface area (Å²) in [4.78, 5) is 25.9. The number of anilines is 3. The van der Waals surface area contributed by atoms with Gasteiger partial charge in [0.25, 0.3) is 0 Å². The van der Waals surface area contributed by atoms with Crippen molar-refractivity contribution in [1.29, 1.82) is 0 Å². The van der Waals surface area contributed by atoms with Crippen LogP contribution in [0.25, 0.3) is 0 Å². The molecule has 288 valence electrons. The number of hydrogen-bond donors (Lipinski definition) is 1. The number of halogens is 4. The van der Waals surface area contributed by atoms with Gasteiger partial charge in [0, 0.05) is 58.9 Å². The number of hydrogen-bond acceptors (Lipinski definition) is 9. The lowest BCUT2D eigenvalue weighted by Crippen LogP contribution is -2.49. The number of benzene rings is 4. The Labute approximate surface area is 320 Å². The molecule has 5 aromatic rings. The van der Waals surface area contributed by atoms with Crippen LogP contribution in [0.5, 0.6) is 0 Å². The van der Waals surface area contributed by atoms with E-state index in [0.717, 1.165) is 35.2 Å². The second kappa shape index (κ2) is 17.6. The van der Waals surface area contributed by atoms with Gasteiger partial charge in [0.15, 0.2) is 0 Å². The Bertz CT molecular complexity index is 1940. The monoisotopic (exact) mass is 753 g/mol. The molecule has 2 aliphatic rings. The molecule has 1 unspecified atom stereocenters.